The lowest BCUT2D eigenvalue weighted by Gasteiger charge is -2.22. The average Bonchev–Trinajstić information content (AvgIpc) is 3.16. The second kappa shape index (κ2) is 29.9. The van der Waals surface area contributed by atoms with E-state index in [9.17, 15) is 0 Å². The molecule has 0 aliphatic heterocycles. The van der Waals surface area contributed by atoms with E-state index in [0.717, 1.165) is 36.5 Å². The van der Waals surface area contributed by atoms with Gasteiger partial charge in [0.05, 0.1) is 0 Å². The number of para-hydroxylation sites is 3. The van der Waals surface area contributed by atoms with Crippen LogP contribution in [0, 0.1) is 0 Å². The molecule has 0 heterocycles. The summed E-state index contributed by atoms with van der Waals surface area (Å²) >= 11 is 0. The lowest BCUT2D eigenvalue weighted by molar-refractivity contribution is 0.382. The highest BCUT2D eigenvalue weighted by atomic mass is 31.2. The first-order valence-corrected chi connectivity index (χ1v) is 22.9. The van der Waals surface area contributed by atoms with Crippen molar-refractivity contribution in [2.24, 2.45) is 0 Å². The summed E-state index contributed by atoms with van der Waals surface area (Å²) in [7, 11) is -1.73. The highest BCUT2D eigenvalue weighted by molar-refractivity contribution is 7.43. The molecule has 0 aliphatic rings. The Bertz CT molecular complexity index is 1120. The predicted molar refractivity (Wildman–Crippen MR) is 227 cm³/mol. The van der Waals surface area contributed by atoms with Crippen molar-refractivity contribution in [3.63, 3.8) is 0 Å². The fourth-order valence-electron chi connectivity index (χ4n) is 7.04. The van der Waals surface area contributed by atoms with Gasteiger partial charge in [-0.2, -0.15) is 0 Å². The van der Waals surface area contributed by atoms with Gasteiger partial charge in [0.15, 0.2) is 0 Å². The molecule has 3 aromatic rings. The van der Waals surface area contributed by atoms with E-state index in [1.165, 1.54) is 171 Å². The van der Waals surface area contributed by atoms with Crippen LogP contribution >= 0.6 is 8.60 Å². The van der Waals surface area contributed by atoms with Gasteiger partial charge in [-0.3, -0.25) is 0 Å². The molecule has 52 heavy (non-hydrogen) atoms. The minimum atomic E-state index is -1.73. The minimum absolute atomic E-state index is 0.887. The SMILES string of the molecule is CCCCCCCCCCc1ccccc1OP(Oc1ccccc1CCCCCCCCCC)Oc1ccccc1CCCCCCCCCC. The van der Waals surface area contributed by atoms with Crippen LogP contribution in [-0.4, -0.2) is 0 Å². The van der Waals surface area contributed by atoms with Gasteiger partial charge >= 0.3 is 8.60 Å². The van der Waals surface area contributed by atoms with Crippen molar-refractivity contribution in [3.05, 3.63) is 89.5 Å². The first kappa shape index (κ1) is 43.9. The van der Waals surface area contributed by atoms with E-state index in [1.54, 1.807) is 0 Å². The molecule has 0 bridgehead atoms. The molecule has 290 valence electrons. The fourth-order valence-corrected chi connectivity index (χ4v) is 8.17. The van der Waals surface area contributed by atoms with E-state index < -0.39 is 8.60 Å². The van der Waals surface area contributed by atoms with Gasteiger partial charge in [0.25, 0.3) is 0 Å². The van der Waals surface area contributed by atoms with Crippen molar-refractivity contribution in [3.8, 4) is 17.2 Å². The molecular formula is C48H75O3P. The Kier molecular flexibility index (Phi) is 25.2. The monoisotopic (exact) mass is 731 g/mol. The number of hydrogen-bond donors (Lipinski definition) is 0. The molecule has 4 heteroatoms. The van der Waals surface area contributed by atoms with E-state index in [0.29, 0.717) is 0 Å². The molecule has 0 saturated heterocycles. The number of benzene rings is 3. The third-order valence-electron chi connectivity index (χ3n) is 10.3. The summed E-state index contributed by atoms with van der Waals surface area (Å²) in [5.74, 6) is 2.66. The van der Waals surface area contributed by atoms with Crippen molar-refractivity contribution >= 4 is 8.60 Å². The molecule has 0 N–H and O–H groups in total. The summed E-state index contributed by atoms with van der Waals surface area (Å²) in [6.07, 6.45) is 34.6. The Balaban J connectivity index is 1.68. The molecule has 0 spiro atoms. The normalized spacial score (nSPS) is 11.3. The number of aryl methyl sites for hydroxylation is 3. The second-order valence-electron chi connectivity index (χ2n) is 15.0. The van der Waals surface area contributed by atoms with Crippen LogP contribution in [0.25, 0.3) is 0 Å². The Morgan fingerprint density at radius 1 is 0.308 bits per heavy atom. The molecule has 3 aromatic carbocycles. The molecule has 0 fully saturated rings. The standard InChI is InChI=1S/C48H75O3P/c1-4-7-10-13-16-19-22-25-34-43-37-28-31-40-46(43)49-52(50-47-41-32-29-38-44(47)35-26-23-20-17-14-11-8-5-2)51-48-42-33-30-39-45(48)36-27-24-21-18-15-12-9-6-3/h28-33,37-42H,4-27,34-36H2,1-3H3. The second-order valence-corrected chi connectivity index (χ2v) is 16.0. The van der Waals surface area contributed by atoms with Crippen LogP contribution in [-0.2, 0) is 19.3 Å². The molecule has 0 aliphatic carbocycles. The number of hydrogen-bond acceptors (Lipinski definition) is 3. The van der Waals surface area contributed by atoms with Gasteiger partial charge in [-0.15, -0.1) is 0 Å². The van der Waals surface area contributed by atoms with Crippen LogP contribution in [0.3, 0.4) is 0 Å². The first-order chi connectivity index (χ1) is 25.7. The number of rotatable bonds is 33. The van der Waals surface area contributed by atoms with Crippen LogP contribution in [0.2, 0.25) is 0 Å². The van der Waals surface area contributed by atoms with Gasteiger partial charge in [0, 0.05) is 0 Å². The molecular weight excluding hydrogens is 655 g/mol. The summed E-state index contributed by atoms with van der Waals surface area (Å²) < 4.78 is 20.4. The zero-order valence-corrected chi connectivity index (χ0v) is 34.6. The summed E-state index contributed by atoms with van der Waals surface area (Å²) in [5.41, 5.74) is 3.73. The summed E-state index contributed by atoms with van der Waals surface area (Å²) in [5, 5.41) is 0. The molecule has 0 radical (unpaired) electrons. The van der Waals surface area contributed by atoms with Crippen LogP contribution < -0.4 is 13.6 Å². The van der Waals surface area contributed by atoms with E-state index >= 15 is 0 Å². The zero-order chi connectivity index (χ0) is 36.7. The smallest absolute Gasteiger partial charge is 0.408 e. The maximum atomic E-state index is 6.79. The maximum Gasteiger partial charge on any atom is 0.530 e. The van der Waals surface area contributed by atoms with Gasteiger partial charge in [0.1, 0.15) is 17.2 Å². The first-order valence-electron chi connectivity index (χ1n) is 21.8. The average molecular weight is 731 g/mol. The quantitative estimate of drug-likeness (QED) is 0.0461. The maximum absolute atomic E-state index is 6.79. The summed E-state index contributed by atoms with van der Waals surface area (Å²) in [6, 6.07) is 25.6. The van der Waals surface area contributed by atoms with E-state index in [-0.39, 0.29) is 0 Å². The highest BCUT2D eigenvalue weighted by Crippen LogP contribution is 2.45. The Morgan fingerprint density at radius 2 is 0.538 bits per heavy atom. The van der Waals surface area contributed by atoms with Crippen molar-refractivity contribution in [1.29, 1.82) is 0 Å². The molecule has 3 nitrogen and oxygen atoms in total. The van der Waals surface area contributed by atoms with Crippen molar-refractivity contribution in [2.45, 2.75) is 194 Å². The van der Waals surface area contributed by atoms with E-state index in [4.69, 9.17) is 13.6 Å². The van der Waals surface area contributed by atoms with E-state index in [1.807, 2.05) is 0 Å². The van der Waals surface area contributed by atoms with Gasteiger partial charge in [-0.05, 0) is 73.4 Å². The Hall–Kier alpha value is -2.51. The molecule has 0 saturated carbocycles. The molecule has 0 aromatic heterocycles. The van der Waals surface area contributed by atoms with Crippen molar-refractivity contribution < 1.29 is 13.6 Å². The lowest BCUT2D eigenvalue weighted by Crippen LogP contribution is -2.06. The fraction of sp³-hybridized carbons (Fsp3) is 0.625. The van der Waals surface area contributed by atoms with Gasteiger partial charge < -0.3 is 13.6 Å². The minimum Gasteiger partial charge on any atom is -0.408 e. The van der Waals surface area contributed by atoms with Crippen LogP contribution in [0.5, 0.6) is 17.2 Å². The Labute approximate surface area is 322 Å². The van der Waals surface area contributed by atoms with Crippen LogP contribution in [0.4, 0.5) is 0 Å². The van der Waals surface area contributed by atoms with Crippen LogP contribution in [0.15, 0.2) is 72.8 Å². The zero-order valence-electron chi connectivity index (χ0n) is 33.7. The molecule has 0 unspecified atom stereocenters. The third-order valence-corrected chi connectivity index (χ3v) is 11.4. The third kappa shape index (κ3) is 19.5. The van der Waals surface area contributed by atoms with E-state index in [2.05, 4.69) is 93.6 Å². The van der Waals surface area contributed by atoms with Crippen molar-refractivity contribution in [1.82, 2.24) is 0 Å². The lowest BCUT2D eigenvalue weighted by atomic mass is 10.0. The number of unbranched alkanes of at least 4 members (excludes halogenated alkanes) is 21. The summed E-state index contributed by atoms with van der Waals surface area (Å²) in [4.78, 5) is 0. The topological polar surface area (TPSA) is 27.7 Å². The molecule has 0 amide bonds. The Morgan fingerprint density at radius 3 is 0.808 bits per heavy atom. The largest absolute Gasteiger partial charge is 0.530 e. The molecule has 3 rings (SSSR count). The highest BCUT2D eigenvalue weighted by Gasteiger charge is 2.24. The predicted octanol–water partition coefficient (Wildman–Crippen LogP) is 16.5. The van der Waals surface area contributed by atoms with Crippen LogP contribution in [0.1, 0.15) is 192 Å². The summed E-state index contributed by atoms with van der Waals surface area (Å²) in [6.45, 7) is 6.86. The molecule has 0 atom stereocenters. The van der Waals surface area contributed by atoms with Gasteiger partial charge in [0.2, 0.25) is 0 Å². The van der Waals surface area contributed by atoms with Crippen molar-refractivity contribution in [2.75, 3.05) is 0 Å². The van der Waals surface area contributed by atoms with Gasteiger partial charge in [-0.1, -0.05) is 210 Å². The van der Waals surface area contributed by atoms with Gasteiger partial charge in [-0.25, -0.2) is 0 Å².